The molecule has 2 heteroatoms. The predicted octanol–water partition coefficient (Wildman–Crippen LogP) is 2.22. The Morgan fingerprint density at radius 2 is 1.57 bits per heavy atom. The Morgan fingerprint density at radius 3 is 1.86 bits per heavy atom. The third-order valence-electron chi connectivity index (χ3n) is 5.56. The van der Waals surface area contributed by atoms with E-state index in [9.17, 15) is 9.59 Å². The van der Waals surface area contributed by atoms with Crippen LogP contribution in [0.5, 0.6) is 0 Å². The maximum absolute atomic E-state index is 12.0. The maximum Gasteiger partial charge on any atom is 0.205 e. The number of hydrogen-bond acceptors (Lipinski definition) is 2. The van der Waals surface area contributed by atoms with Gasteiger partial charge in [-0.3, -0.25) is 9.59 Å². The van der Waals surface area contributed by atoms with Gasteiger partial charge in [0.2, 0.25) is 11.6 Å². The second kappa shape index (κ2) is 2.12. The van der Waals surface area contributed by atoms with Gasteiger partial charge in [-0.15, -0.1) is 0 Å². The molecule has 0 aromatic rings. The van der Waals surface area contributed by atoms with Crippen LogP contribution in [-0.4, -0.2) is 11.6 Å². The summed E-state index contributed by atoms with van der Waals surface area (Å²) in [5.41, 5.74) is -1.04. The van der Waals surface area contributed by atoms with E-state index < -0.39 is 10.8 Å². The molecule has 0 amide bonds. The van der Waals surface area contributed by atoms with E-state index in [0.29, 0.717) is 5.92 Å². The molecule has 2 aliphatic carbocycles. The first-order chi connectivity index (χ1) is 6.19. The van der Waals surface area contributed by atoms with Crippen LogP contribution in [0.3, 0.4) is 0 Å². The highest BCUT2D eigenvalue weighted by molar-refractivity contribution is 6.44. The van der Waals surface area contributed by atoms with Crippen LogP contribution in [0.15, 0.2) is 0 Å². The Labute approximate surface area is 85.1 Å². The van der Waals surface area contributed by atoms with Crippen LogP contribution in [0.1, 0.15) is 41.0 Å². The fraction of sp³-hybridized carbons (Fsp3) is 0.833. The fourth-order valence-electron chi connectivity index (χ4n) is 3.63. The monoisotopic (exact) mass is 194 g/mol. The lowest BCUT2D eigenvalue weighted by Crippen LogP contribution is -2.39. The highest BCUT2D eigenvalue weighted by Crippen LogP contribution is 2.70. The second-order valence-electron chi connectivity index (χ2n) is 5.92. The zero-order chi connectivity index (χ0) is 10.9. The Bertz CT molecular complexity index is 342. The fourth-order valence-corrected chi connectivity index (χ4v) is 3.63. The molecule has 0 radical (unpaired) electrons. The molecule has 3 unspecified atom stereocenters. The van der Waals surface area contributed by atoms with Crippen molar-refractivity contribution in [3.05, 3.63) is 0 Å². The van der Waals surface area contributed by atoms with Crippen LogP contribution in [0.25, 0.3) is 0 Å². The molecule has 0 spiro atoms. The zero-order valence-corrected chi connectivity index (χ0v) is 9.60. The molecular weight excluding hydrogens is 176 g/mol. The summed E-state index contributed by atoms with van der Waals surface area (Å²) >= 11 is 0. The van der Waals surface area contributed by atoms with Crippen LogP contribution in [0.4, 0.5) is 0 Å². The Kier molecular flexibility index (Phi) is 1.50. The van der Waals surface area contributed by atoms with Gasteiger partial charge in [0.1, 0.15) is 0 Å². The summed E-state index contributed by atoms with van der Waals surface area (Å²) in [7, 11) is 0. The number of carbonyl (C=O) groups is 2. The van der Waals surface area contributed by atoms with Gasteiger partial charge >= 0.3 is 0 Å². The van der Waals surface area contributed by atoms with Crippen molar-refractivity contribution in [2.24, 2.45) is 22.2 Å². The number of ketones is 2. The molecule has 2 fully saturated rings. The molecule has 78 valence electrons. The highest BCUT2D eigenvalue weighted by Gasteiger charge is 2.75. The average molecular weight is 194 g/mol. The van der Waals surface area contributed by atoms with Crippen LogP contribution >= 0.6 is 0 Å². The average Bonchev–Trinajstić information content (AvgIpc) is 2.27. The molecule has 3 atom stereocenters. The summed E-state index contributed by atoms with van der Waals surface area (Å²) in [6.45, 7) is 10.2. The molecule has 2 bridgehead atoms. The Morgan fingerprint density at radius 1 is 1.07 bits per heavy atom. The van der Waals surface area contributed by atoms with Crippen molar-refractivity contribution >= 4 is 11.6 Å². The first-order valence-electron chi connectivity index (χ1n) is 5.29. The SMILES string of the molecule is CC1CC2(C)C(=O)C(=O)C1(C)C2(C)C. The van der Waals surface area contributed by atoms with Crippen LogP contribution in [-0.2, 0) is 9.59 Å². The van der Waals surface area contributed by atoms with E-state index >= 15 is 0 Å². The smallest absolute Gasteiger partial charge is 0.205 e. The van der Waals surface area contributed by atoms with E-state index in [4.69, 9.17) is 0 Å². The van der Waals surface area contributed by atoms with Crippen molar-refractivity contribution in [2.75, 3.05) is 0 Å². The van der Waals surface area contributed by atoms with E-state index in [1.165, 1.54) is 0 Å². The second-order valence-corrected chi connectivity index (χ2v) is 5.92. The summed E-state index contributed by atoms with van der Waals surface area (Å²) < 4.78 is 0. The number of rotatable bonds is 0. The van der Waals surface area contributed by atoms with E-state index in [2.05, 4.69) is 20.8 Å². The van der Waals surface area contributed by atoms with Crippen molar-refractivity contribution in [2.45, 2.75) is 41.0 Å². The molecule has 2 nitrogen and oxygen atoms in total. The Hall–Kier alpha value is -0.660. The third-order valence-corrected chi connectivity index (χ3v) is 5.56. The minimum atomic E-state index is -0.432. The predicted molar refractivity (Wildman–Crippen MR) is 53.8 cm³/mol. The molecule has 2 saturated carbocycles. The van der Waals surface area contributed by atoms with Gasteiger partial charge in [0, 0.05) is 10.8 Å². The number of Topliss-reactive ketones (excluding diaryl/α,β-unsaturated/α-hetero) is 2. The lowest BCUT2D eigenvalue weighted by atomic mass is 9.64. The number of carbonyl (C=O) groups excluding carboxylic acids is 2. The quantitative estimate of drug-likeness (QED) is 0.554. The first kappa shape index (κ1) is 9.88. The van der Waals surface area contributed by atoms with Gasteiger partial charge in [-0.1, -0.05) is 34.6 Å². The largest absolute Gasteiger partial charge is 0.290 e. The zero-order valence-electron chi connectivity index (χ0n) is 9.60. The van der Waals surface area contributed by atoms with Gasteiger partial charge in [0.25, 0.3) is 0 Å². The van der Waals surface area contributed by atoms with Gasteiger partial charge in [-0.25, -0.2) is 0 Å². The number of hydrogen-bond donors (Lipinski definition) is 0. The van der Waals surface area contributed by atoms with Crippen molar-refractivity contribution < 1.29 is 9.59 Å². The van der Waals surface area contributed by atoms with Crippen LogP contribution in [0.2, 0.25) is 0 Å². The molecule has 0 saturated heterocycles. The third kappa shape index (κ3) is 0.617. The maximum atomic E-state index is 12.0. The van der Waals surface area contributed by atoms with Crippen LogP contribution < -0.4 is 0 Å². The van der Waals surface area contributed by atoms with Gasteiger partial charge in [0.15, 0.2) is 0 Å². The molecule has 0 N–H and O–H groups in total. The number of fused-ring (bicyclic) bond motifs is 2. The van der Waals surface area contributed by atoms with Gasteiger partial charge in [-0.05, 0) is 17.8 Å². The van der Waals surface area contributed by atoms with E-state index in [-0.39, 0.29) is 17.0 Å². The minimum Gasteiger partial charge on any atom is -0.290 e. The Balaban J connectivity index is 2.71. The molecular formula is C12H18O2. The lowest BCUT2D eigenvalue weighted by Gasteiger charge is -2.37. The molecule has 14 heavy (non-hydrogen) atoms. The molecule has 0 aliphatic heterocycles. The summed E-state index contributed by atoms with van der Waals surface area (Å²) in [6, 6.07) is 0. The standard InChI is InChI=1S/C12H18O2/c1-7-6-11(4)8(13)9(14)12(7,5)10(11,2)3/h7H,6H2,1-5H3. The molecule has 0 aromatic heterocycles. The summed E-state index contributed by atoms with van der Waals surface area (Å²) in [5, 5.41) is 0. The van der Waals surface area contributed by atoms with E-state index in [1.54, 1.807) is 0 Å². The summed E-state index contributed by atoms with van der Waals surface area (Å²) in [5.74, 6) is 0.0551. The van der Waals surface area contributed by atoms with E-state index in [1.807, 2.05) is 13.8 Å². The molecule has 2 rings (SSSR count). The molecule has 0 heterocycles. The van der Waals surface area contributed by atoms with Gasteiger partial charge in [0.05, 0.1) is 0 Å². The van der Waals surface area contributed by atoms with Gasteiger partial charge in [-0.2, -0.15) is 0 Å². The van der Waals surface area contributed by atoms with Crippen molar-refractivity contribution in [3.8, 4) is 0 Å². The lowest BCUT2D eigenvalue weighted by molar-refractivity contribution is -0.144. The minimum absolute atomic E-state index is 0.135. The summed E-state index contributed by atoms with van der Waals surface area (Å²) in [4.78, 5) is 23.9. The van der Waals surface area contributed by atoms with Crippen molar-refractivity contribution in [3.63, 3.8) is 0 Å². The van der Waals surface area contributed by atoms with E-state index in [0.717, 1.165) is 6.42 Å². The molecule has 0 aromatic carbocycles. The van der Waals surface area contributed by atoms with Gasteiger partial charge < -0.3 is 0 Å². The summed E-state index contributed by atoms with van der Waals surface area (Å²) in [6.07, 6.45) is 0.862. The van der Waals surface area contributed by atoms with Crippen molar-refractivity contribution in [1.29, 1.82) is 0 Å². The highest BCUT2D eigenvalue weighted by atomic mass is 16.2. The first-order valence-corrected chi connectivity index (χ1v) is 5.29. The topological polar surface area (TPSA) is 34.1 Å². The van der Waals surface area contributed by atoms with Crippen LogP contribution in [0, 0.1) is 22.2 Å². The molecule has 2 aliphatic rings. The van der Waals surface area contributed by atoms with Crippen molar-refractivity contribution in [1.82, 2.24) is 0 Å². The normalized spacial score (nSPS) is 50.2.